The summed E-state index contributed by atoms with van der Waals surface area (Å²) in [5.74, 6) is 0. The molecule has 0 unspecified atom stereocenters. The van der Waals surface area contributed by atoms with Crippen LogP contribution in [0, 0.1) is 0 Å². The van der Waals surface area contributed by atoms with Crippen LogP contribution < -0.4 is 0 Å². The van der Waals surface area contributed by atoms with Gasteiger partial charge in [-0.15, -0.1) is 0 Å². The third-order valence-electron chi connectivity index (χ3n) is 9.88. The molecule has 10 aromatic rings. The van der Waals surface area contributed by atoms with Gasteiger partial charge in [0.15, 0.2) is 0 Å². The van der Waals surface area contributed by atoms with Gasteiger partial charge in [-0.05, 0) is 99.8 Å². The molecule has 48 heavy (non-hydrogen) atoms. The highest BCUT2D eigenvalue weighted by Gasteiger charge is 2.17. The Hall–Kier alpha value is -6.38. The van der Waals surface area contributed by atoms with Crippen molar-refractivity contribution in [1.29, 1.82) is 0 Å². The molecule has 8 aromatic carbocycles. The van der Waals surface area contributed by atoms with Crippen molar-refractivity contribution in [3.05, 3.63) is 182 Å². The number of hydrogen-bond donors (Lipinski definition) is 0. The lowest BCUT2D eigenvalue weighted by Crippen LogP contribution is -1.94. The Kier molecular flexibility index (Phi) is 5.91. The first-order valence-corrected chi connectivity index (χ1v) is 16.5. The van der Waals surface area contributed by atoms with Crippen LogP contribution in [0.4, 0.5) is 0 Å². The summed E-state index contributed by atoms with van der Waals surface area (Å²) in [6, 6.07) is 66.3. The van der Waals surface area contributed by atoms with Crippen molar-refractivity contribution in [2.24, 2.45) is 0 Å². The topological polar surface area (TPSA) is 9.86 Å². The van der Waals surface area contributed by atoms with Crippen LogP contribution in [0.2, 0.25) is 0 Å². The predicted octanol–water partition coefficient (Wildman–Crippen LogP) is 12.4. The van der Waals surface area contributed by atoms with Crippen molar-refractivity contribution < 1.29 is 0 Å². The average Bonchev–Trinajstić information content (AvgIpc) is 3.67. The highest BCUT2D eigenvalue weighted by molar-refractivity contribution is 6.13. The molecule has 10 rings (SSSR count). The molecule has 224 valence electrons. The number of para-hydroxylation sites is 2. The minimum absolute atomic E-state index is 1.17. The number of nitrogens with zero attached hydrogens (tertiary/aromatic N) is 2. The fraction of sp³-hybridized carbons (Fsp3) is 0. The summed E-state index contributed by atoms with van der Waals surface area (Å²) < 4.78 is 4.80. The van der Waals surface area contributed by atoms with E-state index in [4.69, 9.17) is 0 Å². The molecule has 0 aliphatic heterocycles. The summed E-state index contributed by atoms with van der Waals surface area (Å²) in [6.45, 7) is 0. The fourth-order valence-corrected chi connectivity index (χ4v) is 7.61. The van der Waals surface area contributed by atoms with E-state index in [1.807, 2.05) is 0 Å². The van der Waals surface area contributed by atoms with Gasteiger partial charge >= 0.3 is 0 Å². The Morgan fingerprint density at radius 3 is 1.40 bits per heavy atom. The van der Waals surface area contributed by atoms with Crippen molar-refractivity contribution in [2.75, 3.05) is 0 Å². The Bertz CT molecular complexity index is 2820. The molecule has 0 aliphatic rings. The van der Waals surface area contributed by atoms with Crippen LogP contribution in [0.1, 0.15) is 0 Å². The van der Waals surface area contributed by atoms with E-state index >= 15 is 0 Å². The van der Waals surface area contributed by atoms with Gasteiger partial charge in [-0.1, -0.05) is 115 Å². The molecular weight excluding hydrogens is 581 g/mol. The SMILES string of the molecule is c1ccc(-c2ccc3c(c2)c2cc(-c4ccc5c(c4)c4ccccc4n5-c4ccccc4)ccc2n3-c2ccc3ccccc3c2)cc1. The smallest absolute Gasteiger partial charge is 0.0541 e. The molecule has 2 aromatic heterocycles. The summed E-state index contributed by atoms with van der Waals surface area (Å²) in [4.78, 5) is 0. The van der Waals surface area contributed by atoms with Gasteiger partial charge in [-0.25, -0.2) is 0 Å². The first-order chi connectivity index (χ1) is 23.8. The summed E-state index contributed by atoms with van der Waals surface area (Å²) in [6.07, 6.45) is 0. The van der Waals surface area contributed by atoms with Crippen LogP contribution in [0.3, 0.4) is 0 Å². The van der Waals surface area contributed by atoms with E-state index in [1.54, 1.807) is 0 Å². The van der Waals surface area contributed by atoms with Crippen LogP contribution in [0.15, 0.2) is 182 Å². The molecule has 2 heteroatoms. The summed E-state index contributed by atoms with van der Waals surface area (Å²) in [7, 11) is 0. The van der Waals surface area contributed by atoms with Crippen LogP contribution >= 0.6 is 0 Å². The van der Waals surface area contributed by atoms with Crippen LogP contribution in [0.25, 0.3) is 88.0 Å². The Labute approximate surface area is 278 Å². The third kappa shape index (κ3) is 4.13. The van der Waals surface area contributed by atoms with Crippen molar-refractivity contribution in [3.8, 4) is 33.6 Å². The predicted molar refractivity (Wildman–Crippen MR) is 203 cm³/mol. The minimum Gasteiger partial charge on any atom is -0.309 e. The van der Waals surface area contributed by atoms with Crippen molar-refractivity contribution >= 4 is 54.4 Å². The van der Waals surface area contributed by atoms with E-state index in [-0.39, 0.29) is 0 Å². The molecule has 0 fully saturated rings. The molecular formula is C46H30N2. The first kappa shape index (κ1) is 26.8. The molecule has 0 aliphatic carbocycles. The van der Waals surface area contributed by atoms with Crippen LogP contribution in [-0.4, -0.2) is 9.13 Å². The molecule has 0 atom stereocenters. The van der Waals surface area contributed by atoms with E-state index in [0.717, 1.165) is 0 Å². The first-order valence-electron chi connectivity index (χ1n) is 16.5. The van der Waals surface area contributed by atoms with E-state index < -0.39 is 0 Å². The Morgan fingerprint density at radius 1 is 0.250 bits per heavy atom. The summed E-state index contributed by atoms with van der Waals surface area (Å²) >= 11 is 0. The van der Waals surface area contributed by atoms with Gasteiger partial charge in [-0.2, -0.15) is 0 Å². The largest absolute Gasteiger partial charge is 0.309 e. The zero-order chi connectivity index (χ0) is 31.6. The lowest BCUT2D eigenvalue weighted by molar-refractivity contribution is 1.18. The molecule has 0 N–H and O–H groups in total. The van der Waals surface area contributed by atoms with Gasteiger partial charge in [0.05, 0.1) is 22.1 Å². The van der Waals surface area contributed by atoms with E-state index in [2.05, 4.69) is 191 Å². The lowest BCUT2D eigenvalue weighted by Gasteiger charge is -2.10. The Balaban J connectivity index is 1.21. The van der Waals surface area contributed by atoms with Crippen LogP contribution in [-0.2, 0) is 0 Å². The Morgan fingerprint density at radius 2 is 0.729 bits per heavy atom. The van der Waals surface area contributed by atoms with Gasteiger partial charge in [0.1, 0.15) is 0 Å². The molecule has 2 heterocycles. The highest BCUT2D eigenvalue weighted by atomic mass is 15.0. The fourth-order valence-electron chi connectivity index (χ4n) is 7.61. The lowest BCUT2D eigenvalue weighted by atomic mass is 9.99. The average molecular weight is 611 g/mol. The molecule has 2 nitrogen and oxygen atoms in total. The number of fused-ring (bicyclic) bond motifs is 7. The maximum Gasteiger partial charge on any atom is 0.0541 e. The number of benzene rings is 8. The van der Waals surface area contributed by atoms with E-state index in [1.165, 1.54) is 88.0 Å². The molecule has 0 bridgehead atoms. The molecule has 0 spiro atoms. The van der Waals surface area contributed by atoms with Gasteiger partial charge in [0.25, 0.3) is 0 Å². The molecule has 0 saturated heterocycles. The van der Waals surface area contributed by atoms with Crippen molar-refractivity contribution in [2.45, 2.75) is 0 Å². The van der Waals surface area contributed by atoms with E-state index in [9.17, 15) is 0 Å². The van der Waals surface area contributed by atoms with E-state index in [0.29, 0.717) is 0 Å². The second-order valence-electron chi connectivity index (χ2n) is 12.6. The van der Waals surface area contributed by atoms with Crippen molar-refractivity contribution in [1.82, 2.24) is 9.13 Å². The number of rotatable bonds is 4. The second kappa shape index (κ2) is 10.6. The molecule has 0 amide bonds. The van der Waals surface area contributed by atoms with Crippen LogP contribution in [0.5, 0.6) is 0 Å². The second-order valence-corrected chi connectivity index (χ2v) is 12.6. The van der Waals surface area contributed by atoms with Gasteiger partial charge < -0.3 is 9.13 Å². The minimum atomic E-state index is 1.17. The highest BCUT2D eigenvalue weighted by Crippen LogP contribution is 2.39. The number of hydrogen-bond acceptors (Lipinski definition) is 0. The van der Waals surface area contributed by atoms with Crippen molar-refractivity contribution in [3.63, 3.8) is 0 Å². The summed E-state index contributed by atoms with van der Waals surface area (Å²) in [5, 5.41) is 7.52. The third-order valence-corrected chi connectivity index (χ3v) is 9.88. The van der Waals surface area contributed by atoms with Gasteiger partial charge in [0, 0.05) is 32.9 Å². The number of aromatic nitrogens is 2. The monoisotopic (exact) mass is 610 g/mol. The maximum atomic E-state index is 2.42. The normalized spacial score (nSPS) is 11.8. The standard InChI is InChI=1S/C46H30N2/c1-3-11-31(12-4-1)34-20-24-45-41(28-34)42-30-36(22-26-46(42)48(45)38-23-19-32-13-7-8-14-33(32)27-38)35-21-25-44-40(29-35)39-17-9-10-18-43(39)47(44)37-15-5-2-6-16-37/h1-30H. The molecule has 0 saturated carbocycles. The maximum absolute atomic E-state index is 2.42. The molecule has 0 radical (unpaired) electrons. The summed E-state index contributed by atoms with van der Waals surface area (Å²) in [5.41, 5.74) is 12.1. The zero-order valence-corrected chi connectivity index (χ0v) is 26.2. The van der Waals surface area contributed by atoms with Gasteiger partial charge in [-0.3, -0.25) is 0 Å². The zero-order valence-electron chi connectivity index (χ0n) is 26.2. The van der Waals surface area contributed by atoms with Gasteiger partial charge in [0.2, 0.25) is 0 Å². The quantitative estimate of drug-likeness (QED) is 0.188.